The Balaban J connectivity index is 4.66. The first-order valence-electron chi connectivity index (χ1n) is 29.0. The molecule has 0 amide bonds. The van der Waals surface area contributed by atoms with Gasteiger partial charge in [-0.15, -0.1) is 0 Å². The van der Waals surface area contributed by atoms with Crippen LogP contribution in [0.4, 0.5) is 0 Å². The Hall–Kier alpha value is -1.71. The number of carbonyl (C=O) groups excluding carboxylic acids is 3. The van der Waals surface area contributed by atoms with Crippen LogP contribution in [-0.4, -0.2) is 95.9 Å². The van der Waals surface area contributed by atoms with Crippen LogP contribution in [0.15, 0.2) is 12.2 Å². The topological polar surface area (TPSA) is 231 Å². The van der Waals surface area contributed by atoms with Crippen molar-refractivity contribution in [3.05, 3.63) is 12.2 Å². The first-order chi connectivity index (χ1) is 35.2. The first-order valence-corrected chi connectivity index (χ1v) is 32.0. The van der Waals surface area contributed by atoms with Crippen LogP contribution < -0.4 is 0 Å². The van der Waals surface area contributed by atoms with Gasteiger partial charge in [0, 0.05) is 19.3 Å². The second-order valence-electron chi connectivity index (χ2n) is 19.8. The molecule has 0 aromatic carbocycles. The van der Waals surface area contributed by atoms with Crippen LogP contribution in [0, 0.1) is 0 Å². The predicted molar refractivity (Wildman–Crippen MR) is 289 cm³/mol. The fraction of sp³-hybridized carbons (Fsp3) is 0.909. The van der Waals surface area contributed by atoms with E-state index in [1.165, 1.54) is 122 Å². The summed E-state index contributed by atoms with van der Waals surface area (Å²) >= 11 is 0. The van der Waals surface area contributed by atoms with Gasteiger partial charge in [0.1, 0.15) is 25.4 Å². The molecule has 18 heteroatoms. The van der Waals surface area contributed by atoms with Crippen LogP contribution in [0.3, 0.4) is 0 Å². The third kappa shape index (κ3) is 52.1. The third-order valence-electron chi connectivity index (χ3n) is 12.5. The highest BCUT2D eigenvalue weighted by Gasteiger charge is 2.29. The van der Waals surface area contributed by atoms with Crippen molar-refractivity contribution in [3.63, 3.8) is 0 Å². The second-order valence-corrected chi connectivity index (χ2v) is 22.7. The van der Waals surface area contributed by atoms with Crippen LogP contribution in [0.25, 0.3) is 0 Å². The highest BCUT2D eigenvalue weighted by molar-refractivity contribution is 7.47. The van der Waals surface area contributed by atoms with Gasteiger partial charge in [-0.3, -0.25) is 32.5 Å². The first kappa shape index (κ1) is 71.3. The van der Waals surface area contributed by atoms with E-state index >= 15 is 0 Å². The predicted octanol–water partition coefficient (Wildman–Crippen LogP) is 14.4. The molecule has 16 nitrogen and oxygen atoms in total. The lowest BCUT2D eigenvalue weighted by Gasteiger charge is -2.21. The Kier molecular flexibility index (Phi) is 49.9. The molecule has 0 bridgehead atoms. The Morgan fingerprint density at radius 1 is 0.370 bits per heavy atom. The van der Waals surface area contributed by atoms with Gasteiger partial charge in [-0.25, -0.2) is 9.13 Å². The van der Waals surface area contributed by atoms with E-state index in [9.17, 15) is 43.5 Å². The lowest BCUT2D eigenvalue weighted by atomic mass is 10.0. The largest absolute Gasteiger partial charge is 0.472 e. The molecule has 4 N–H and O–H groups in total. The summed E-state index contributed by atoms with van der Waals surface area (Å²) in [5.41, 5.74) is 0. The molecule has 0 aromatic rings. The van der Waals surface area contributed by atoms with Gasteiger partial charge in [0.2, 0.25) is 0 Å². The van der Waals surface area contributed by atoms with Crippen molar-refractivity contribution in [2.45, 2.75) is 283 Å². The molecule has 0 aliphatic carbocycles. The molecule has 0 heterocycles. The number of aliphatic hydroxyl groups excluding tert-OH is 2. The second kappa shape index (κ2) is 51.1. The van der Waals surface area contributed by atoms with Crippen molar-refractivity contribution in [1.29, 1.82) is 0 Å². The summed E-state index contributed by atoms with van der Waals surface area (Å²) in [5.74, 6) is -1.56. The summed E-state index contributed by atoms with van der Waals surface area (Å²) < 4.78 is 60.5. The van der Waals surface area contributed by atoms with Gasteiger partial charge in [-0.2, -0.15) is 0 Å². The van der Waals surface area contributed by atoms with Gasteiger partial charge in [-0.1, -0.05) is 213 Å². The minimum absolute atomic E-state index is 0.114. The van der Waals surface area contributed by atoms with Crippen molar-refractivity contribution >= 4 is 33.6 Å². The average molecular weight is 1090 g/mol. The highest BCUT2D eigenvalue weighted by atomic mass is 31.2. The van der Waals surface area contributed by atoms with E-state index in [4.69, 9.17) is 32.3 Å². The van der Waals surface area contributed by atoms with Gasteiger partial charge in [0.05, 0.1) is 26.4 Å². The normalized spacial score (nSPS) is 14.7. The molecule has 432 valence electrons. The number of allylic oxidation sites excluding steroid dienone is 2. The molecule has 0 saturated heterocycles. The van der Waals surface area contributed by atoms with Gasteiger partial charge in [-0.05, 0) is 44.9 Å². The summed E-state index contributed by atoms with van der Waals surface area (Å²) in [4.78, 5) is 57.9. The maximum Gasteiger partial charge on any atom is 0.472 e. The van der Waals surface area contributed by atoms with Gasteiger partial charge >= 0.3 is 33.6 Å². The number of hydrogen-bond acceptors (Lipinski definition) is 14. The Morgan fingerprint density at radius 3 is 1.01 bits per heavy atom. The van der Waals surface area contributed by atoms with Crippen LogP contribution in [0.1, 0.15) is 265 Å². The molecule has 0 aromatic heterocycles. The van der Waals surface area contributed by atoms with E-state index in [0.29, 0.717) is 19.3 Å². The van der Waals surface area contributed by atoms with E-state index in [1.807, 2.05) is 0 Å². The molecule has 0 spiro atoms. The van der Waals surface area contributed by atoms with Crippen LogP contribution in [0.5, 0.6) is 0 Å². The zero-order valence-corrected chi connectivity index (χ0v) is 47.9. The summed E-state index contributed by atoms with van der Waals surface area (Å²) in [6, 6.07) is 0. The van der Waals surface area contributed by atoms with E-state index in [1.54, 1.807) is 0 Å². The lowest BCUT2D eigenvalue weighted by Crippen LogP contribution is -2.30. The van der Waals surface area contributed by atoms with Crippen molar-refractivity contribution in [2.24, 2.45) is 0 Å². The molecule has 0 rings (SSSR count). The van der Waals surface area contributed by atoms with Gasteiger partial charge < -0.3 is 34.2 Å². The number of hydrogen-bond donors (Lipinski definition) is 4. The molecule has 5 atom stereocenters. The number of phosphoric acid groups is 2. The molecule has 73 heavy (non-hydrogen) atoms. The summed E-state index contributed by atoms with van der Waals surface area (Å²) in [6.45, 7) is 2.64. The van der Waals surface area contributed by atoms with Crippen molar-refractivity contribution in [3.8, 4) is 0 Å². The number of carbonyl (C=O) groups is 3. The van der Waals surface area contributed by atoms with Crippen molar-refractivity contribution in [1.82, 2.24) is 0 Å². The van der Waals surface area contributed by atoms with E-state index in [2.05, 4.69) is 32.9 Å². The molecule has 5 unspecified atom stereocenters. The number of ether oxygens (including phenoxy) is 3. The zero-order chi connectivity index (χ0) is 53.9. The van der Waals surface area contributed by atoms with E-state index < -0.39 is 91.5 Å². The van der Waals surface area contributed by atoms with Crippen LogP contribution in [-0.2, 0) is 55.8 Å². The number of aliphatic hydroxyl groups is 2. The molecule has 0 saturated carbocycles. The quantitative estimate of drug-likeness (QED) is 0.0146. The van der Waals surface area contributed by atoms with E-state index in [0.717, 1.165) is 83.5 Å². The van der Waals surface area contributed by atoms with Crippen molar-refractivity contribution < 1.29 is 75.8 Å². The summed E-state index contributed by atoms with van der Waals surface area (Å²) in [7, 11) is -9.73. The monoisotopic (exact) mass is 1080 g/mol. The molecule has 0 aliphatic rings. The Labute approximate surface area is 442 Å². The smallest absolute Gasteiger partial charge is 0.463 e. The lowest BCUT2D eigenvalue weighted by molar-refractivity contribution is -0.161. The van der Waals surface area contributed by atoms with Crippen LogP contribution >= 0.6 is 15.6 Å². The van der Waals surface area contributed by atoms with Crippen LogP contribution in [0.2, 0.25) is 0 Å². The maximum absolute atomic E-state index is 12.8. The Morgan fingerprint density at radius 2 is 0.644 bits per heavy atom. The van der Waals surface area contributed by atoms with E-state index in [-0.39, 0.29) is 19.3 Å². The number of esters is 3. The SMILES string of the molecule is CCCCCC/C=C\CCCCCCCC(=O)OCC(O)COP(=O)(O)OCC(O)COP(=O)(O)OCC(COC(=O)CCCCCCCCCCCCCCC)OC(=O)CCCCCCCCCCCCC. The summed E-state index contributed by atoms with van der Waals surface area (Å²) in [5, 5.41) is 20.4. The minimum Gasteiger partial charge on any atom is -0.463 e. The zero-order valence-electron chi connectivity index (χ0n) is 46.1. The molecule has 0 fully saturated rings. The van der Waals surface area contributed by atoms with Crippen molar-refractivity contribution in [2.75, 3.05) is 39.6 Å². The Bertz CT molecular complexity index is 1420. The minimum atomic E-state index is -4.90. The third-order valence-corrected chi connectivity index (χ3v) is 14.4. The number of unbranched alkanes of at least 4 members (excludes halogenated alkanes) is 31. The molecule has 0 aliphatic heterocycles. The highest BCUT2D eigenvalue weighted by Crippen LogP contribution is 2.45. The van der Waals surface area contributed by atoms with Gasteiger partial charge in [0.15, 0.2) is 6.10 Å². The molecular weight excluding hydrogens is 979 g/mol. The number of phosphoric ester groups is 2. The standard InChI is InChI=1S/C55H106O16P2/c1-4-7-10-13-16-19-22-24-27-29-32-35-38-41-53(58)65-44-50(56)45-67-72(61,62)68-46-51(57)47-69-73(63,64)70-49-52(71-55(60)43-40-37-34-31-26-21-18-15-12-9-6-3)48-66-54(59)42-39-36-33-30-28-25-23-20-17-14-11-8-5-2/h19,22,50-52,56-57H,4-18,20-21,23-49H2,1-3H3,(H,61,62)(H,63,64)/b22-19-. The maximum atomic E-state index is 12.8. The summed E-state index contributed by atoms with van der Waals surface area (Å²) in [6.07, 6.45) is 40.1. The molecular formula is C55H106O16P2. The molecule has 0 radical (unpaired) electrons. The fourth-order valence-electron chi connectivity index (χ4n) is 7.98. The van der Waals surface area contributed by atoms with Gasteiger partial charge in [0.25, 0.3) is 0 Å². The fourth-order valence-corrected chi connectivity index (χ4v) is 9.56. The number of rotatable bonds is 56. The average Bonchev–Trinajstić information content (AvgIpc) is 3.36.